The maximum atomic E-state index is 12.2. The van der Waals surface area contributed by atoms with Crippen LogP contribution in [-0.4, -0.2) is 23.0 Å². The van der Waals surface area contributed by atoms with E-state index in [0.717, 1.165) is 29.4 Å². The van der Waals surface area contributed by atoms with Gasteiger partial charge >= 0.3 is 5.97 Å². The van der Waals surface area contributed by atoms with Crippen molar-refractivity contribution >= 4 is 22.8 Å². The molecule has 2 aliphatic rings. The fourth-order valence-electron chi connectivity index (χ4n) is 3.67. The molecular weight excluding hydrogens is 294 g/mol. The molecule has 4 rings (SSSR count). The van der Waals surface area contributed by atoms with Crippen molar-refractivity contribution < 1.29 is 19.1 Å². The first-order valence-electron chi connectivity index (χ1n) is 8.14. The number of amides is 1. The fraction of sp³-hybridized carbons (Fsp3) is 0.444. The Hall–Kier alpha value is -2.30. The van der Waals surface area contributed by atoms with E-state index < -0.39 is 5.97 Å². The second-order valence-electron chi connectivity index (χ2n) is 6.68. The van der Waals surface area contributed by atoms with Crippen LogP contribution in [0.25, 0.3) is 11.0 Å². The van der Waals surface area contributed by atoms with Gasteiger partial charge in [-0.3, -0.25) is 9.59 Å². The average molecular weight is 313 g/mol. The Kier molecular flexibility index (Phi) is 3.36. The summed E-state index contributed by atoms with van der Waals surface area (Å²) >= 11 is 0. The van der Waals surface area contributed by atoms with E-state index in [1.807, 2.05) is 0 Å². The monoisotopic (exact) mass is 313 g/mol. The van der Waals surface area contributed by atoms with Gasteiger partial charge in [-0.25, -0.2) is 0 Å². The van der Waals surface area contributed by atoms with Crippen molar-refractivity contribution in [1.82, 2.24) is 5.32 Å². The first-order chi connectivity index (χ1) is 11.1. The zero-order valence-corrected chi connectivity index (χ0v) is 12.8. The maximum Gasteiger partial charge on any atom is 0.306 e. The summed E-state index contributed by atoms with van der Waals surface area (Å²) in [5.41, 5.74) is 4.48. The summed E-state index contributed by atoms with van der Waals surface area (Å²) in [7, 11) is 0. The molecule has 2 aliphatic carbocycles. The zero-order chi connectivity index (χ0) is 16.0. The molecule has 1 heterocycles. The molecule has 0 spiro atoms. The van der Waals surface area contributed by atoms with Crippen molar-refractivity contribution in [1.29, 1.82) is 0 Å². The van der Waals surface area contributed by atoms with Crippen molar-refractivity contribution in [2.45, 2.75) is 44.6 Å². The zero-order valence-electron chi connectivity index (χ0n) is 12.8. The summed E-state index contributed by atoms with van der Waals surface area (Å²) in [6, 6.07) is 4.25. The van der Waals surface area contributed by atoms with Crippen LogP contribution in [0.4, 0.5) is 0 Å². The van der Waals surface area contributed by atoms with Crippen LogP contribution in [-0.2, 0) is 28.9 Å². The van der Waals surface area contributed by atoms with E-state index in [9.17, 15) is 9.59 Å². The summed E-state index contributed by atoms with van der Waals surface area (Å²) < 4.78 is 5.61. The molecule has 0 saturated heterocycles. The number of carboxylic acids is 1. The molecule has 0 aliphatic heterocycles. The standard InChI is InChI=1S/C18H19NO4/c20-17(19-14-4-12(5-14)18(21)22)8-13-9-23-16-7-11-3-1-2-10(11)6-15(13)16/h6-7,9,12,14H,1-5,8H2,(H,19,20)(H,21,22). The number of aryl methyl sites for hydroxylation is 2. The summed E-state index contributed by atoms with van der Waals surface area (Å²) in [6.07, 6.45) is 6.39. The highest BCUT2D eigenvalue weighted by Gasteiger charge is 2.35. The molecular formula is C18H19NO4. The summed E-state index contributed by atoms with van der Waals surface area (Å²) in [4.78, 5) is 23.0. The smallest absolute Gasteiger partial charge is 0.306 e. The molecule has 1 fully saturated rings. The molecule has 5 nitrogen and oxygen atoms in total. The van der Waals surface area contributed by atoms with Crippen LogP contribution in [0.3, 0.4) is 0 Å². The van der Waals surface area contributed by atoms with Gasteiger partial charge in [-0.2, -0.15) is 0 Å². The van der Waals surface area contributed by atoms with Gasteiger partial charge in [-0.1, -0.05) is 0 Å². The number of nitrogens with one attached hydrogen (secondary N) is 1. The van der Waals surface area contributed by atoms with Gasteiger partial charge in [0.1, 0.15) is 5.58 Å². The first kappa shape index (κ1) is 14.3. The number of carbonyl (C=O) groups excluding carboxylic acids is 1. The highest BCUT2D eigenvalue weighted by molar-refractivity contribution is 5.89. The number of hydrogen-bond acceptors (Lipinski definition) is 3. The maximum absolute atomic E-state index is 12.2. The number of carboxylic acid groups (broad SMARTS) is 1. The van der Waals surface area contributed by atoms with E-state index in [1.165, 1.54) is 17.5 Å². The van der Waals surface area contributed by atoms with Crippen molar-refractivity contribution in [2.24, 2.45) is 5.92 Å². The highest BCUT2D eigenvalue weighted by Crippen LogP contribution is 2.31. The van der Waals surface area contributed by atoms with Gasteiger partial charge in [0.2, 0.25) is 5.91 Å². The predicted molar refractivity (Wildman–Crippen MR) is 84.2 cm³/mol. The van der Waals surface area contributed by atoms with E-state index in [2.05, 4.69) is 17.4 Å². The first-order valence-corrected chi connectivity index (χ1v) is 8.14. The van der Waals surface area contributed by atoms with Gasteiger partial charge in [-0.05, 0) is 55.4 Å². The SMILES string of the molecule is O=C(Cc1coc2cc3c(cc12)CCC3)NC1CC(C(=O)O)C1. The summed E-state index contributed by atoms with van der Waals surface area (Å²) in [6.45, 7) is 0. The Morgan fingerprint density at radius 3 is 2.70 bits per heavy atom. The van der Waals surface area contributed by atoms with Crippen LogP contribution in [0.15, 0.2) is 22.8 Å². The number of furan rings is 1. The molecule has 1 amide bonds. The Labute approximate surface area is 133 Å². The number of carbonyl (C=O) groups is 2. The van der Waals surface area contributed by atoms with Crippen LogP contribution in [0.2, 0.25) is 0 Å². The lowest BCUT2D eigenvalue weighted by atomic mass is 9.80. The normalized spacial score (nSPS) is 22.6. The largest absolute Gasteiger partial charge is 0.481 e. The molecule has 0 bridgehead atoms. The van der Waals surface area contributed by atoms with E-state index >= 15 is 0 Å². The number of fused-ring (bicyclic) bond motifs is 2. The molecule has 23 heavy (non-hydrogen) atoms. The molecule has 0 atom stereocenters. The summed E-state index contributed by atoms with van der Waals surface area (Å²) in [5, 5.41) is 12.8. The van der Waals surface area contributed by atoms with Crippen molar-refractivity contribution in [2.75, 3.05) is 0 Å². The number of aliphatic carboxylic acids is 1. The summed E-state index contributed by atoms with van der Waals surface area (Å²) in [5.74, 6) is -1.15. The Morgan fingerprint density at radius 2 is 1.96 bits per heavy atom. The van der Waals surface area contributed by atoms with E-state index in [1.54, 1.807) is 6.26 Å². The Balaban J connectivity index is 1.44. The van der Waals surface area contributed by atoms with Gasteiger partial charge in [0.15, 0.2) is 0 Å². The lowest BCUT2D eigenvalue weighted by molar-refractivity contribution is -0.146. The molecule has 0 radical (unpaired) electrons. The van der Waals surface area contributed by atoms with Gasteiger partial charge in [0.05, 0.1) is 18.6 Å². The minimum atomic E-state index is -0.773. The van der Waals surface area contributed by atoms with E-state index in [0.29, 0.717) is 12.8 Å². The lowest BCUT2D eigenvalue weighted by Crippen LogP contribution is -2.47. The van der Waals surface area contributed by atoms with Gasteiger partial charge in [0, 0.05) is 17.0 Å². The molecule has 0 unspecified atom stereocenters. The van der Waals surface area contributed by atoms with Gasteiger partial charge < -0.3 is 14.8 Å². The van der Waals surface area contributed by atoms with Crippen molar-refractivity contribution in [3.8, 4) is 0 Å². The third kappa shape index (κ3) is 2.60. The highest BCUT2D eigenvalue weighted by atomic mass is 16.4. The van der Waals surface area contributed by atoms with Gasteiger partial charge in [-0.15, -0.1) is 0 Å². The van der Waals surface area contributed by atoms with Crippen LogP contribution >= 0.6 is 0 Å². The number of rotatable bonds is 4. The molecule has 2 N–H and O–H groups in total. The molecule has 1 aromatic heterocycles. The Bertz CT molecular complexity index is 786. The molecule has 2 aromatic rings. The number of benzene rings is 1. The van der Waals surface area contributed by atoms with Crippen LogP contribution < -0.4 is 5.32 Å². The third-order valence-electron chi connectivity index (χ3n) is 5.07. The van der Waals surface area contributed by atoms with Crippen molar-refractivity contribution in [3.05, 3.63) is 35.1 Å². The molecule has 1 aromatic carbocycles. The lowest BCUT2D eigenvalue weighted by Gasteiger charge is -2.32. The molecule has 1 saturated carbocycles. The average Bonchev–Trinajstić information content (AvgIpc) is 3.06. The van der Waals surface area contributed by atoms with E-state index in [-0.39, 0.29) is 24.3 Å². The third-order valence-corrected chi connectivity index (χ3v) is 5.07. The minimum Gasteiger partial charge on any atom is -0.481 e. The molecule has 120 valence electrons. The molecule has 5 heteroatoms. The quantitative estimate of drug-likeness (QED) is 0.908. The fourth-order valence-corrected chi connectivity index (χ4v) is 3.67. The van der Waals surface area contributed by atoms with E-state index in [4.69, 9.17) is 9.52 Å². The van der Waals surface area contributed by atoms with Crippen LogP contribution in [0, 0.1) is 5.92 Å². The van der Waals surface area contributed by atoms with Gasteiger partial charge in [0.25, 0.3) is 0 Å². The Morgan fingerprint density at radius 1 is 1.22 bits per heavy atom. The van der Waals surface area contributed by atoms with Crippen LogP contribution in [0.1, 0.15) is 36.0 Å². The number of hydrogen-bond donors (Lipinski definition) is 2. The second-order valence-corrected chi connectivity index (χ2v) is 6.68. The minimum absolute atomic E-state index is 0.00832. The van der Waals surface area contributed by atoms with Crippen LogP contribution in [0.5, 0.6) is 0 Å². The second kappa shape index (κ2) is 5.41. The topological polar surface area (TPSA) is 79.5 Å². The van der Waals surface area contributed by atoms with Crippen molar-refractivity contribution in [3.63, 3.8) is 0 Å². The predicted octanol–water partition coefficient (Wildman–Crippen LogP) is 2.44.